The molecule has 184 valence electrons. The van der Waals surface area contributed by atoms with E-state index in [1.807, 2.05) is 37.3 Å². The van der Waals surface area contributed by atoms with Crippen molar-refractivity contribution in [2.45, 2.75) is 48.3 Å². The SMILES string of the molecule is CC[C@@H](CO)N1C(=O)[C@@H]2[C@H](C(=O)Nc3ccccc3)[C@@H]3CCC2(S3)C1C(=O)Nc1ccccc1Cl. The van der Waals surface area contributed by atoms with Gasteiger partial charge in [0.1, 0.15) is 6.04 Å². The van der Waals surface area contributed by atoms with Gasteiger partial charge in [-0.3, -0.25) is 14.4 Å². The van der Waals surface area contributed by atoms with Gasteiger partial charge in [-0.2, -0.15) is 0 Å². The van der Waals surface area contributed by atoms with E-state index in [1.165, 1.54) is 0 Å². The number of halogens is 1. The first-order valence-electron chi connectivity index (χ1n) is 11.9. The van der Waals surface area contributed by atoms with E-state index in [2.05, 4.69) is 10.6 Å². The van der Waals surface area contributed by atoms with Crippen LogP contribution in [0.2, 0.25) is 5.02 Å². The van der Waals surface area contributed by atoms with Gasteiger partial charge in [0.05, 0.1) is 39.9 Å². The third-order valence-corrected chi connectivity index (χ3v) is 9.82. The van der Waals surface area contributed by atoms with E-state index in [4.69, 9.17) is 11.6 Å². The van der Waals surface area contributed by atoms with E-state index in [9.17, 15) is 19.5 Å². The molecule has 3 aliphatic rings. The van der Waals surface area contributed by atoms with Crippen molar-refractivity contribution in [2.75, 3.05) is 17.2 Å². The highest BCUT2D eigenvalue weighted by Gasteiger charge is 2.74. The molecule has 3 saturated heterocycles. The monoisotopic (exact) mass is 513 g/mol. The largest absolute Gasteiger partial charge is 0.394 e. The highest BCUT2D eigenvalue weighted by Crippen LogP contribution is 2.66. The minimum Gasteiger partial charge on any atom is -0.394 e. The summed E-state index contributed by atoms with van der Waals surface area (Å²) in [4.78, 5) is 42.7. The minimum absolute atomic E-state index is 0.0420. The molecule has 2 unspecified atom stereocenters. The number of anilines is 2. The van der Waals surface area contributed by atoms with Crippen LogP contribution < -0.4 is 10.6 Å². The third-order valence-electron chi connectivity index (χ3n) is 7.54. The van der Waals surface area contributed by atoms with Crippen molar-refractivity contribution in [3.63, 3.8) is 0 Å². The van der Waals surface area contributed by atoms with Crippen LogP contribution in [-0.4, -0.2) is 56.4 Å². The van der Waals surface area contributed by atoms with E-state index in [-0.39, 0.29) is 29.6 Å². The van der Waals surface area contributed by atoms with Crippen LogP contribution in [0.5, 0.6) is 0 Å². The molecular formula is C26H28ClN3O4S. The lowest BCUT2D eigenvalue weighted by molar-refractivity contribution is -0.141. The second-order valence-electron chi connectivity index (χ2n) is 9.37. The number of nitrogens with zero attached hydrogens (tertiary/aromatic N) is 1. The molecule has 1 spiro atoms. The average Bonchev–Trinajstić information content (AvgIpc) is 3.50. The zero-order valence-corrected chi connectivity index (χ0v) is 20.9. The summed E-state index contributed by atoms with van der Waals surface area (Å²) in [5.74, 6) is -1.93. The summed E-state index contributed by atoms with van der Waals surface area (Å²) in [6.07, 6.45) is 1.91. The smallest absolute Gasteiger partial charge is 0.248 e. The molecule has 0 radical (unpaired) electrons. The van der Waals surface area contributed by atoms with E-state index in [0.29, 0.717) is 29.2 Å². The Balaban J connectivity index is 1.51. The topological polar surface area (TPSA) is 98.7 Å². The molecule has 0 aromatic heterocycles. The minimum atomic E-state index is -0.808. The van der Waals surface area contributed by atoms with Crippen LogP contribution in [0, 0.1) is 11.8 Å². The van der Waals surface area contributed by atoms with Crippen molar-refractivity contribution in [1.29, 1.82) is 0 Å². The number of aliphatic hydroxyl groups is 1. The molecule has 9 heteroatoms. The van der Waals surface area contributed by atoms with Crippen LogP contribution in [0.25, 0.3) is 0 Å². The predicted molar refractivity (Wildman–Crippen MR) is 137 cm³/mol. The summed E-state index contributed by atoms with van der Waals surface area (Å²) >= 11 is 7.89. The van der Waals surface area contributed by atoms with Gasteiger partial charge in [-0.1, -0.05) is 48.9 Å². The number of benzene rings is 2. The molecule has 2 aromatic carbocycles. The number of thioether (sulfide) groups is 1. The van der Waals surface area contributed by atoms with Gasteiger partial charge in [0.15, 0.2) is 0 Å². The fraction of sp³-hybridized carbons (Fsp3) is 0.423. The molecule has 2 aromatic rings. The molecule has 35 heavy (non-hydrogen) atoms. The molecule has 0 aliphatic carbocycles. The van der Waals surface area contributed by atoms with Crippen LogP contribution in [0.15, 0.2) is 54.6 Å². The van der Waals surface area contributed by atoms with Gasteiger partial charge in [0.2, 0.25) is 17.7 Å². The number of likely N-dealkylation sites (tertiary alicyclic amines) is 1. The van der Waals surface area contributed by atoms with Crippen LogP contribution in [0.3, 0.4) is 0 Å². The Bertz CT molecular complexity index is 1140. The zero-order valence-electron chi connectivity index (χ0n) is 19.3. The highest BCUT2D eigenvalue weighted by atomic mass is 35.5. The first-order valence-corrected chi connectivity index (χ1v) is 13.2. The molecule has 3 N–H and O–H groups in total. The van der Waals surface area contributed by atoms with Crippen molar-refractivity contribution in [2.24, 2.45) is 11.8 Å². The molecule has 7 nitrogen and oxygen atoms in total. The lowest BCUT2D eigenvalue weighted by atomic mass is 9.70. The van der Waals surface area contributed by atoms with E-state index >= 15 is 0 Å². The number of aliphatic hydroxyl groups excluding tert-OH is 1. The number of hydrogen-bond donors (Lipinski definition) is 3. The molecule has 3 fully saturated rings. The molecule has 5 rings (SSSR count). The van der Waals surface area contributed by atoms with E-state index < -0.39 is 28.7 Å². The van der Waals surface area contributed by atoms with Gasteiger partial charge in [-0.25, -0.2) is 0 Å². The summed E-state index contributed by atoms with van der Waals surface area (Å²) in [5, 5.41) is 16.4. The van der Waals surface area contributed by atoms with Crippen molar-refractivity contribution >= 4 is 52.5 Å². The zero-order chi connectivity index (χ0) is 24.7. The lowest BCUT2D eigenvalue weighted by Gasteiger charge is -2.36. The molecule has 3 aliphatic heterocycles. The molecule has 2 bridgehead atoms. The maximum Gasteiger partial charge on any atom is 0.248 e. The summed E-state index contributed by atoms with van der Waals surface area (Å²) < 4.78 is -0.728. The summed E-state index contributed by atoms with van der Waals surface area (Å²) in [6, 6.07) is 14.8. The first kappa shape index (κ1) is 24.2. The Morgan fingerprint density at radius 2 is 1.86 bits per heavy atom. The fourth-order valence-corrected chi connectivity index (χ4v) is 8.40. The number of nitrogens with one attached hydrogen (secondary N) is 2. The average molecular weight is 514 g/mol. The van der Waals surface area contributed by atoms with Gasteiger partial charge in [0.25, 0.3) is 0 Å². The Hall–Kier alpha value is -2.55. The maximum absolute atomic E-state index is 13.9. The molecule has 6 atom stereocenters. The van der Waals surface area contributed by atoms with Crippen molar-refractivity contribution in [3.8, 4) is 0 Å². The summed E-state index contributed by atoms with van der Waals surface area (Å²) in [6.45, 7) is 1.63. The van der Waals surface area contributed by atoms with Crippen LogP contribution in [-0.2, 0) is 14.4 Å². The normalized spacial score (nSPS) is 29.7. The predicted octanol–water partition coefficient (Wildman–Crippen LogP) is 3.78. The number of hydrogen-bond acceptors (Lipinski definition) is 5. The van der Waals surface area contributed by atoms with Gasteiger partial charge in [-0.15, -0.1) is 11.8 Å². The Kier molecular flexibility index (Phi) is 6.55. The Labute approximate surface area is 213 Å². The lowest BCUT2D eigenvalue weighted by Crippen LogP contribution is -2.54. The van der Waals surface area contributed by atoms with Gasteiger partial charge in [-0.05, 0) is 43.5 Å². The number of carbonyl (C=O) groups excluding carboxylic acids is 3. The number of para-hydroxylation sites is 2. The number of amides is 3. The second kappa shape index (κ2) is 9.48. The standard InChI is InChI=1S/C26H28ClN3O4S/c1-2-16(14-31)30-22(24(33)29-18-11-7-6-10-17(18)27)26-13-12-19(35-26)20(21(26)25(30)34)23(32)28-15-8-4-3-5-9-15/h3-11,16,19-22,31H,2,12-14H2,1H3,(H,28,32)(H,29,33)/t16-,19-,20+,21-,22?,26?/m0/s1. The summed E-state index contributed by atoms with van der Waals surface area (Å²) in [7, 11) is 0. The second-order valence-corrected chi connectivity index (χ2v) is 11.4. The maximum atomic E-state index is 13.9. The molecule has 0 saturated carbocycles. The fourth-order valence-electron chi connectivity index (χ4n) is 6.01. The Morgan fingerprint density at radius 3 is 2.54 bits per heavy atom. The van der Waals surface area contributed by atoms with Crippen molar-refractivity contribution in [1.82, 2.24) is 4.90 Å². The summed E-state index contributed by atoms with van der Waals surface area (Å²) in [5.41, 5.74) is 1.15. The van der Waals surface area contributed by atoms with Gasteiger partial charge in [0, 0.05) is 10.9 Å². The molecule has 3 heterocycles. The third kappa shape index (κ3) is 3.92. The first-order chi connectivity index (χ1) is 16.9. The van der Waals surface area contributed by atoms with Gasteiger partial charge >= 0.3 is 0 Å². The molecular weight excluding hydrogens is 486 g/mol. The quantitative estimate of drug-likeness (QED) is 0.523. The van der Waals surface area contributed by atoms with Crippen LogP contribution in [0.4, 0.5) is 11.4 Å². The van der Waals surface area contributed by atoms with Crippen LogP contribution >= 0.6 is 23.4 Å². The van der Waals surface area contributed by atoms with E-state index in [1.54, 1.807) is 40.9 Å². The van der Waals surface area contributed by atoms with Crippen molar-refractivity contribution in [3.05, 3.63) is 59.6 Å². The number of carbonyl (C=O) groups is 3. The van der Waals surface area contributed by atoms with E-state index in [0.717, 1.165) is 6.42 Å². The Morgan fingerprint density at radius 1 is 1.14 bits per heavy atom. The number of fused-ring (bicyclic) bond motifs is 1. The van der Waals surface area contributed by atoms with Crippen LogP contribution in [0.1, 0.15) is 26.2 Å². The molecule has 3 amide bonds. The van der Waals surface area contributed by atoms with Crippen molar-refractivity contribution < 1.29 is 19.5 Å². The highest BCUT2D eigenvalue weighted by molar-refractivity contribution is 8.02. The number of rotatable bonds is 7. The van der Waals surface area contributed by atoms with Gasteiger partial charge < -0.3 is 20.6 Å².